The number of halogens is 2. The Balaban J connectivity index is 3.14. The van der Waals surface area contributed by atoms with E-state index < -0.39 is 0 Å². The smallest absolute Gasteiger partial charge is 0.147 e. The predicted molar refractivity (Wildman–Crippen MR) is 53.0 cm³/mol. The number of pyridine rings is 1. The lowest BCUT2D eigenvalue weighted by Gasteiger charge is -2.02. The van der Waals surface area contributed by atoms with E-state index in [0.29, 0.717) is 10.6 Å². The van der Waals surface area contributed by atoms with Crippen molar-refractivity contribution >= 4 is 23.2 Å². The third-order valence-electron chi connectivity index (χ3n) is 1.61. The van der Waals surface area contributed by atoms with Crippen LogP contribution in [0, 0.1) is 11.3 Å². The van der Waals surface area contributed by atoms with E-state index in [0.717, 1.165) is 18.5 Å². The summed E-state index contributed by atoms with van der Waals surface area (Å²) in [5.41, 5.74) is 1.08. The van der Waals surface area contributed by atoms with Gasteiger partial charge in [-0.15, -0.1) is 0 Å². The SMILES string of the molecule is CCCc1nc(Cl)c(C#N)cc1Cl. The third kappa shape index (κ3) is 2.33. The highest BCUT2D eigenvalue weighted by molar-refractivity contribution is 6.33. The number of aromatic nitrogens is 1. The topological polar surface area (TPSA) is 36.7 Å². The van der Waals surface area contributed by atoms with Crippen molar-refractivity contribution in [2.75, 3.05) is 0 Å². The van der Waals surface area contributed by atoms with Crippen molar-refractivity contribution in [2.45, 2.75) is 19.8 Å². The van der Waals surface area contributed by atoms with Crippen LogP contribution in [0.25, 0.3) is 0 Å². The van der Waals surface area contributed by atoms with Crippen LogP contribution in [-0.2, 0) is 6.42 Å². The molecule has 0 N–H and O–H groups in total. The van der Waals surface area contributed by atoms with Gasteiger partial charge in [-0.2, -0.15) is 5.26 Å². The highest BCUT2D eigenvalue weighted by Gasteiger charge is 2.07. The quantitative estimate of drug-likeness (QED) is 0.710. The molecule has 13 heavy (non-hydrogen) atoms. The average molecular weight is 215 g/mol. The summed E-state index contributed by atoms with van der Waals surface area (Å²) in [5, 5.41) is 9.38. The Kier molecular flexibility index (Phi) is 3.53. The molecule has 0 aliphatic heterocycles. The van der Waals surface area contributed by atoms with Gasteiger partial charge < -0.3 is 0 Å². The molecular weight excluding hydrogens is 207 g/mol. The molecule has 4 heteroatoms. The van der Waals surface area contributed by atoms with Crippen LogP contribution >= 0.6 is 23.2 Å². The summed E-state index contributed by atoms with van der Waals surface area (Å²) in [6, 6.07) is 3.48. The van der Waals surface area contributed by atoms with Gasteiger partial charge in [0, 0.05) is 0 Å². The van der Waals surface area contributed by atoms with Crippen LogP contribution in [-0.4, -0.2) is 4.98 Å². The van der Waals surface area contributed by atoms with E-state index in [-0.39, 0.29) is 5.15 Å². The van der Waals surface area contributed by atoms with Gasteiger partial charge in [-0.25, -0.2) is 4.98 Å². The fourth-order valence-electron chi connectivity index (χ4n) is 0.992. The van der Waals surface area contributed by atoms with Crippen LogP contribution in [0.4, 0.5) is 0 Å². The molecular formula is C9H8Cl2N2. The van der Waals surface area contributed by atoms with Crippen molar-refractivity contribution in [1.29, 1.82) is 5.26 Å². The summed E-state index contributed by atoms with van der Waals surface area (Å²) in [6.45, 7) is 2.03. The fraction of sp³-hybridized carbons (Fsp3) is 0.333. The van der Waals surface area contributed by atoms with E-state index in [1.54, 1.807) is 6.07 Å². The van der Waals surface area contributed by atoms with E-state index in [1.807, 2.05) is 13.0 Å². The Labute approximate surface area is 87.1 Å². The molecule has 1 aromatic rings. The van der Waals surface area contributed by atoms with Crippen LogP contribution in [0.1, 0.15) is 24.6 Å². The standard InChI is InChI=1S/C9H8Cl2N2/c1-2-3-8-7(10)4-6(5-12)9(11)13-8/h4H,2-3H2,1H3. The lowest BCUT2D eigenvalue weighted by molar-refractivity contribution is 0.882. The monoisotopic (exact) mass is 214 g/mol. The summed E-state index contributed by atoms with van der Waals surface area (Å²) in [5.74, 6) is 0. The van der Waals surface area contributed by atoms with Crippen LogP contribution in [0.5, 0.6) is 0 Å². The summed E-state index contributed by atoms with van der Waals surface area (Å²) in [6.07, 6.45) is 1.74. The van der Waals surface area contributed by atoms with Crippen molar-refractivity contribution in [1.82, 2.24) is 4.98 Å². The second-order valence-electron chi connectivity index (χ2n) is 2.62. The summed E-state index contributed by atoms with van der Waals surface area (Å²) < 4.78 is 0. The van der Waals surface area contributed by atoms with Crippen molar-refractivity contribution in [3.05, 3.63) is 27.5 Å². The lowest BCUT2D eigenvalue weighted by atomic mass is 10.2. The second-order valence-corrected chi connectivity index (χ2v) is 3.38. The van der Waals surface area contributed by atoms with E-state index in [4.69, 9.17) is 28.5 Å². The molecule has 0 aliphatic rings. The van der Waals surface area contributed by atoms with E-state index in [1.165, 1.54) is 0 Å². The Bertz CT molecular complexity index is 355. The lowest BCUT2D eigenvalue weighted by Crippen LogP contribution is -1.93. The zero-order valence-corrected chi connectivity index (χ0v) is 8.65. The van der Waals surface area contributed by atoms with Gasteiger partial charge in [-0.05, 0) is 12.5 Å². The van der Waals surface area contributed by atoms with Gasteiger partial charge >= 0.3 is 0 Å². The molecule has 0 aromatic carbocycles. The highest BCUT2D eigenvalue weighted by Crippen LogP contribution is 2.22. The maximum atomic E-state index is 8.63. The van der Waals surface area contributed by atoms with Crippen LogP contribution in [0.3, 0.4) is 0 Å². The molecule has 68 valence electrons. The van der Waals surface area contributed by atoms with Crippen molar-refractivity contribution < 1.29 is 0 Å². The van der Waals surface area contributed by atoms with E-state index in [9.17, 15) is 0 Å². The maximum Gasteiger partial charge on any atom is 0.147 e. The molecule has 1 rings (SSSR count). The minimum Gasteiger partial charge on any atom is -0.238 e. The van der Waals surface area contributed by atoms with Gasteiger partial charge in [0.25, 0.3) is 0 Å². The number of aryl methyl sites for hydroxylation is 1. The summed E-state index contributed by atoms with van der Waals surface area (Å²) in [7, 11) is 0. The molecule has 1 heterocycles. The van der Waals surface area contributed by atoms with Gasteiger partial charge in [0.2, 0.25) is 0 Å². The van der Waals surface area contributed by atoms with Gasteiger partial charge in [-0.1, -0.05) is 36.5 Å². The van der Waals surface area contributed by atoms with Gasteiger partial charge in [0.1, 0.15) is 11.2 Å². The van der Waals surface area contributed by atoms with Gasteiger partial charge in [0.15, 0.2) is 0 Å². The fourth-order valence-corrected chi connectivity index (χ4v) is 1.44. The Morgan fingerprint density at radius 2 is 2.23 bits per heavy atom. The number of nitriles is 1. The van der Waals surface area contributed by atoms with Crippen LogP contribution < -0.4 is 0 Å². The molecule has 0 amide bonds. The first-order valence-corrected chi connectivity index (χ1v) is 4.69. The minimum atomic E-state index is 0.232. The zero-order chi connectivity index (χ0) is 9.84. The molecule has 0 saturated carbocycles. The highest BCUT2D eigenvalue weighted by atomic mass is 35.5. The van der Waals surface area contributed by atoms with Crippen LogP contribution in [0.2, 0.25) is 10.2 Å². The first kappa shape index (κ1) is 10.3. The van der Waals surface area contributed by atoms with E-state index in [2.05, 4.69) is 4.98 Å². The first-order valence-electron chi connectivity index (χ1n) is 3.94. The molecule has 0 saturated heterocycles. The molecule has 0 fully saturated rings. The predicted octanol–water partition coefficient (Wildman–Crippen LogP) is 3.21. The summed E-state index contributed by atoms with van der Waals surface area (Å²) in [4.78, 5) is 4.04. The Morgan fingerprint density at radius 1 is 1.54 bits per heavy atom. The van der Waals surface area contributed by atoms with Gasteiger partial charge in [-0.3, -0.25) is 0 Å². The summed E-state index contributed by atoms with van der Waals surface area (Å²) >= 11 is 11.6. The number of rotatable bonds is 2. The Hall–Kier alpha value is -0.780. The average Bonchev–Trinajstić information content (AvgIpc) is 2.11. The third-order valence-corrected chi connectivity index (χ3v) is 2.22. The largest absolute Gasteiger partial charge is 0.238 e. The molecule has 0 aliphatic carbocycles. The molecule has 0 bridgehead atoms. The number of hydrogen-bond acceptors (Lipinski definition) is 2. The number of nitrogens with zero attached hydrogens (tertiary/aromatic N) is 2. The van der Waals surface area contributed by atoms with Crippen molar-refractivity contribution in [2.24, 2.45) is 0 Å². The first-order chi connectivity index (χ1) is 6.19. The second kappa shape index (κ2) is 4.45. The Morgan fingerprint density at radius 3 is 2.77 bits per heavy atom. The zero-order valence-electron chi connectivity index (χ0n) is 7.14. The van der Waals surface area contributed by atoms with Crippen molar-refractivity contribution in [3.8, 4) is 6.07 Å². The van der Waals surface area contributed by atoms with E-state index >= 15 is 0 Å². The molecule has 0 radical (unpaired) electrons. The molecule has 0 atom stereocenters. The minimum absolute atomic E-state index is 0.232. The molecule has 2 nitrogen and oxygen atoms in total. The number of hydrogen-bond donors (Lipinski definition) is 0. The molecule has 0 unspecified atom stereocenters. The normalized spacial score (nSPS) is 9.69. The molecule has 1 aromatic heterocycles. The van der Waals surface area contributed by atoms with Crippen LogP contribution in [0.15, 0.2) is 6.07 Å². The van der Waals surface area contributed by atoms with Crippen molar-refractivity contribution in [3.63, 3.8) is 0 Å². The molecule has 0 spiro atoms. The maximum absolute atomic E-state index is 8.63. The van der Waals surface area contributed by atoms with Gasteiger partial charge in [0.05, 0.1) is 16.3 Å².